The number of carboxylic acids is 1. The van der Waals surface area contributed by atoms with Gasteiger partial charge in [-0.05, 0) is 18.8 Å². The van der Waals surface area contributed by atoms with Gasteiger partial charge in [0, 0.05) is 0 Å². The molecule has 0 spiro atoms. The van der Waals surface area contributed by atoms with Gasteiger partial charge in [0.2, 0.25) is 0 Å². The first-order chi connectivity index (χ1) is 11.6. The SMILES string of the molecule is CCCCCCCCCCCCC(C)C(CCCCCC)C(=O)O. The average Bonchev–Trinajstić information content (AvgIpc) is 2.56. The number of carbonyl (C=O) groups is 1. The molecule has 0 aromatic carbocycles. The highest BCUT2D eigenvalue weighted by molar-refractivity contribution is 5.70. The zero-order valence-corrected chi connectivity index (χ0v) is 16.8. The molecular formula is C22H44O2. The first-order valence-electron chi connectivity index (χ1n) is 10.9. The molecule has 2 unspecified atom stereocenters. The van der Waals surface area contributed by atoms with Crippen LogP contribution in [0.4, 0.5) is 0 Å². The van der Waals surface area contributed by atoms with Crippen LogP contribution < -0.4 is 0 Å². The van der Waals surface area contributed by atoms with E-state index in [1.54, 1.807) is 0 Å². The minimum absolute atomic E-state index is 0.125. The molecule has 24 heavy (non-hydrogen) atoms. The van der Waals surface area contributed by atoms with E-state index in [1.165, 1.54) is 83.5 Å². The van der Waals surface area contributed by atoms with Crippen LogP contribution in [0, 0.1) is 11.8 Å². The van der Waals surface area contributed by atoms with E-state index in [-0.39, 0.29) is 5.92 Å². The van der Waals surface area contributed by atoms with Crippen LogP contribution in [-0.4, -0.2) is 11.1 Å². The molecule has 0 saturated carbocycles. The maximum atomic E-state index is 11.5. The van der Waals surface area contributed by atoms with Crippen molar-refractivity contribution in [1.82, 2.24) is 0 Å². The van der Waals surface area contributed by atoms with Crippen LogP contribution in [0.1, 0.15) is 124 Å². The molecule has 0 radical (unpaired) electrons. The highest BCUT2D eigenvalue weighted by Gasteiger charge is 2.23. The summed E-state index contributed by atoms with van der Waals surface area (Å²) in [6, 6.07) is 0. The third kappa shape index (κ3) is 13.9. The van der Waals surface area contributed by atoms with E-state index in [0.717, 1.165) is 19.3 Å². The van der Waals surface area contributed by atoms with E-state index in [0.29, 0.717) is 5.92 Å². The molecule has 1 N–H and O–H groups in total. The summed E-state index contributed by atoms with van der Waals surface area (Å²) in [6.07, 6.45) is 20.1. The predicted molar refractivity (Wildman–Crippen MR) is 106 cm³/mol. The Morgan fingerprint density at radius 1 is 0.667 bits per heavy atom. The highest BCUT2D eigenvalue weighted by Crippen LogP contribution is 2.25. The molecule has 0 rings (SSSR count). The topological polar surface area (TPSA) is 37.3 Å². The lowest BCUT2D eigenvalue weighted by Crippen LogP contribution is -2.21. The third-order valence-electron chi connectivity index (χ3n) is 5.39. The summed E-state index contributed by atoms with van der Waals surface area (Å²) in [5.41, 5.74) is 0. The molecule has 0 aromatic heterocycles. The standard InChI is InChI=1S/C22H44O2/c1-4-6-8-10-11-12-13-14-15-16-18-20(3)21(22(23)24)19-17-9-7-5-2/h20-21H,4-19H2,1-3H3,(H,23,24). The van der Waals surface area contributed by atoms with Gasteiger partial charge >= 0.3 is 5.97 Å². The first-order valence-corrected chi connectivity index (χ1v) is 10.9. The zero-order chi connectivity index (χ0) is 18.0. The van der Waals surface area contributed by atoms with Crippen molar-refractivity contribution >= 4 is 5.97 Å². The van der Waals surface area contributed by atoms with Gasteiger partial charge < -0.3 is 5.11 Å². The first kappa shape index (κ1) is 23.5. The van der Waals surface area contributed by atoms with Crippen LogP contribution in [-0.2, 0) is 4.79 Å². The van der Waals surface area contributed by atoms with Crippen molar-refractivity contribution in [2.45, 2.75) is 124 Å². The summed E-state index contributed by atoms with van der Waals surface area (Å²) in [5, 5.41) is 9.46. The van der Waals surface area contributed by atoms with Gasteiger partial charge in [-0.15, -0.1) is 0 Å². The Labute approximate surface area is 151 Å². The number of hydrogen-bond donors (Lipinski definition) is 1. The van der Waals surface area contributed by atoms with Gasteiger partial charge in [-0.2, -0.15) is 0 Å². The van der Waals surface area contributed by atoms with Crippen LogP contribution in [0.5, 0.6) is 0 Å². The van der Waals surface area contributed by atoms with E-state index in [4.69, 9.17) is 0 Å². The Morgan fingerprint density at radius 3 is 1.50 bits per heavy atom. The Hall–Kier alpha value is -0.530. The van der Waals surface area contributed by atoms with E-state index < -0.39 is 5.97 Å². The summed E-state index contributed by atoms with van der Waals surface area (Å²) in [5.74, 6) is -0.371. The largest absolute Gasteiger partial charge is 0.481 e. The number of carboxylic acid groups (broad SMARTS) is 1. The number of rotatable bonds is 18. The van der Waals surface area contributed by atoms with Crippen molar-refractivity contribution in [1.29, 1.82) is 0 Å². The van der Waals surface area contributed by atoms with Crippen molar-refractivity contribution in [3.8, 4) is 0 Å². The fraction of sp³-hybridized carbons (Fsp3) is 0.955. The Bertz CT molecular complexity index is 275. The van der Waals surface area contributed by atoms with Gasteiger partial charge in [-0.1, -0.05) is 111 Å². The Morgan fingerprint density at radius 2 is 1.04 bits per heavy atom. The van der Waals surface area contributed by atoms with E-state index >= 15 is 0 Å². The summed E-state index contributed by atoms with van der Waals surface area (Å²) >= 11 is 0. The monoisotopic (exact) mass is 340 g/mol. The molecular weight excluding hydrogens is 296 g/mol. The van der Waals surface area contributed by atoms with Crippen LogP contribution >= 0.6 is 0 Å². The maximum Gasteiger partial charge on any atom is 0.306 e. The quantitative estimate of drug-likeness (QED) is 0.261. The molecule has 2 nitrogen and oxygen atoms in total. The lowest BCUT2D eigenvalue weighted by atomic mass is 9.85. The van der Waals surface area contributed by atoms with Crippen molar-refractivity contribution in [3.05, 3.63) is 0 Å². The molecule has 0 aliphatic carbocycles. The molecule has 0 aliphatic heterocycles. The van der Waals surface area contributed by atoms with Gasteiger partial charge in [0.1, 0.15) is 0 Å². The van der Waals surface area contributed by atoms with Crippen molar-refractivity contribution in [3.63, 3.8) is 0 Å². The maximum absolute atomic E-state index is 11.5. The Balaban J connectivity index is 3.62. The molecule has 144 valence electrons. The van der Waals surface area contributed by atoms with Gasteiger partial charge in [-0.3, -0.25) is 4.79 Å². The highest BCUT2D eigenvalue weighted by atomic mass is 16.4. The van der Waals surface area contributed by atoms with Crippen molar-refractivity contribution in [2.24, 2.45) is 11.8 Å². The number of aliphatic carboxylic acids is 1. The molecule has 0 heterocycles. The second kappa shape index (κ2) is 17.3. The van der Waals surface area contributed by atoms with Crippen molar-refractivity contribution < 1.29 is 9.90 Å². The second-order valence-corrected chi connectivity index (χ2v) is 7.74. The van der Waals surface area contributed by atoms with Crippen LogP contribution in [0.3, 0.4) is 0 Å². The number of hydrogen-bond acceptors (Lipinski definition) is 1. The number of unbranched alkanes of at least 4 members (excludes halogenated alkanes) is 12. The lowest BCUT2D eigenvalue weighted by Gasteiger charge is -2.20. The normalized spacial score (nSPS) is 13.8. The molecule has 0 amide bonds. The zero-order valence-electron chi connectivity index (χ0n) is 16.8. The summed E-state index contributed by atoms with van der Waals surface area (Å²) in [7, 11) is 0. The van der Waals surface area contributed by atoms with Gasteiger partial charge in [-0.25, -0.2) is 0 Å². The van der Waals surface area contributed by atoms with E-state index in [9.17, 15) is 9.90 Å². The van der Waals surface area contributed by atoms with Crippen LogP contribution in [0.25, 0.3) is 0 Å². The molecule has 2 heteroatoms. The fourth-order valence-corrected chi connectivity index (χ4v) is 3.60. The summed E-state index contributed by atoms with van der Waals surface area (Å²) in [4.78, 5) is 11.5. The predicted octanol–water partition coefficient (Wildman–Crippen LogP) is 7.60. The smallest absolute Gasteiger partial charge is 0.306 e. The summed E-state index contributed by atoms with van der Waals surface area (Å²) in [6.45, 7) is 6.61. The third-order valence-corrected chi connectivity index (χ3v) is 5.39. The molecule has 0 aliphatic rings. The second-order valence-electron chi connectivity index (χ2n) is 7.74. The molecule has 2 atom stereocenters. The van der Waals surface area contributed by atoms with Crippen molar-refractivity contribution in [2.75, 3.05) is 0 Å². The van der Waals surface area contributed by atoms with E-state index in [2.05, 4.69) is 20.8 Å². The summed E-state index contributed by atoms with van der Waals surface area (Å²) < 4.78 is 0. The van der Waals surface area contributed by atoms with Gasteiger partial charge in [0.15, 0.2) is 0 Å². The van der Waals surface area contributed by atoms with Crippen LogP contribution in [0.2, 0.25) is 0 Å². The molecule has 0 aromatic rings. The Kier molecular flexibility index (Phi) is 16.9. The minimum Gasteiger partial charge on any atom is -0.481 e. The van der Waals surface area contributed by atoms with E-state index in [1.807, 2.05) is 0 Å². The van der Waals surface area contributed by atoms with Gasteiger partial charge in [0.25, 0.3) is 0 Å². The molecule has 0 bridgehead atoms. The minimum atomic E-state index is -0.578. The average molecular weight is 341 g/mol. The molecule has 0 fully saturated rings. The lowest BCUT2D eigenvalue weighted by molar-refractivity contribution is -0.143. The fourth-order valence-electron chi connectivity index (χ4n) is 3.60. The van der Waals surface area contributed by atoms with Gasteiger partial charge in [0.05, 0.1) is 5.92 Å². The molecule has 0 saturated heterocycles. The van der Waals surface area contributed by atoms with Crippen LogP contribution in [0.15, 0.2) is 0 Å².